The van der Waals surface area contributed by atoms with E-state index >= 15 is 0 Å². The summed E-state index contributed by atoms with van der Waals surface area (Å²) in [5.41, 5.74) is -1.25. The monoisotopic (exact) mass is 467 g/mol. The lowest BCUT2D eigenvalue weighted by molar-refractivity contribution is -0.141. The maximum absolute atomic E-state index is 13.3. The second-order valence-electron chi connectivity index (χ2n) is 7.05. The van der Waals surface area contributed by atoms with E-state index in [9.17, 15) is 26.4 Å². The zero-order valence-electron chi connectivity index (χ0n) is 16.6. The van der Waals surface area contributed by atoms with Crippen LogP contribution in [-0.4, -0.2) is 42.4 Å². The minimum absolute atomic E-state index is 0.0967. The van der Waals surface area contributed by atoms with Gasteiger partial charge in [0.1, 0.15) is 18.9 Å². The molecule has 0 atom stereocenters. The quantitative estimate of drug-likeness (QED) is 0.544. The summed E-state index contributed by atoms with van der Waals surface area (Å²) in [6, 6.07) is 8.24. The van der Waals surface area contributed by atoms with Crippen LogP contribution in [0.25, 0.3) is 11.3 Å². The number of hydrogen-bond acceptors (Lipinski definition) is 7. The molecule has 0 aliphatic carbocycles. The van der Waals surface area contributed by atoms with Crippen LogP contribution in [0.5, 0.6) is 11.5 Å². The number of aromatic nitrogens is 3. The second kappa shape index (κ2) is 7.93. The van der Waals surface area contributed by atoms with Crippen molar-refractivity contribution in [1.82, 2.24) is 14.5 Å². The topological polar surface area (TPSA) is 100 Å². The van der Waals surface area contributed by atoms with Crippen molar-refractivity contribution in [2.24, 2.45) is 0 Å². The van der Waals surface area contributed by atoms with Crippen LogP contribution in [0.15, 0.2) is 52.5 Å². The molecule has 0 saturated carbocycles. The number of benzene rings is 1. The Hall–Kier alpha value is -3.41. The van der Waals surface area contributed by atoms with Crippen LogP contribution in [0.2, 0.25) is 0 Å². The number of sulfone groups is 1. The first-order chi connectivity index (χ1) is 15.0. The highest BCUT2D eigenvalue weighted by Crippen LogP contribution is 2.32. The molecule has 3 heterocycles. The normalized spacial score (nSPS) is 13.8. The average Bonchev–Trinajstić information content (AvgIpc) is 2.73. The summed E-state index contributed by atoms with van der Waals surface area (Å²) in [4.78, 5) is 19.3. The molecule has 1 aromatic carbocycles. The Kier molecular flexibility index (Phi) is 5.41. The van der Waals surface area contributed by atoms with Gasteiger partial charge in [-0.2, -0.15) is 13.2 Å². The van der Waals surface area contributed by atoms with E-state index in [0.29, 0.717) is 36.3 Å². The van der Waals surface area contributed by atoms with E-state index in [2.05, 4.69) is 9.97 Å². The summed E-state index contributed by atoms with van der Waals surface area (Å²) < 4.78 is 75.6. The van der Waals surface area contributed by atoms with Crippen molar-refractivity contribution in [2.45, 2.75) is 17.9 Å². The number of nitrogens with zero attached hydrogens (tertiary/aromatic N) is 3. The molecule has 1 aliphatic rings. The number of rotatable bonds is 4. The highest BCUT2D eigenvalue weighted by Gasteiger charge is 2.35. The van der Waals surface area contributed by atoms with Gasteiger partial charge in [0.05, 0.1) is 12.2 Å². The van der Waals surface area contributed by atoms with Gasteiger partial charge in [-0.25, -0.2) is 18.4 Å². The Morgan fingerprint density at radius 1 is 1.03 bits per heavy atom. The maximum atomic E-state index is 13.3. The van der Waals surface area contributed by atoms with Crippen LogP contribution in [0, 0.1) is 0 Å². The van der Waals surface area contributed by atoms with E-state index < -0.39 is 32.4 Å². The third-order valence-electron chi connectivity index (χ3n) is 4.57. The fourth-order valence-corrected chi connectivity index (χ4v) is 3.60. The molecule has 32 heavy (non-hydrogen) atoms. The van der Waals surface area contributed by atoms with Crippen molar-refractivity contribution >= 4 is 9.84 Å². The van der Waals surface area contributed by atoms with Crippen LogP contribution in [0.4, 0.5) is 13.2 Å². The van der Waals surface area contributed by atoms with E-state index in [1.807, 2.05) is 0 Å². The minimum Gasteiger partial charge on any atom is -0.486 e. The lowest BCUT2D eigenvalue weighted by Gasteiger charge is -2.19. The SMILES string of the molecule is CS(=O)(=O)c1nc(-c2ccc(=O)n(Cc3ccc4c(c3)OCCO4)c2)cc(C(F)(F)F)n1. The van der Waals surface area contributed by atoms with E-state index in [1.54, 1.807) is 18.2 Å². The Bertz CT molecular complexity index is 1350. The molecule has 8 nitrogen and oxygen atoms in total. The minimum atomic E-state index is -4.88. The third kappa shape index (κ3) is 4.59. The van der Waals surface area contributed by atoms with Crippen LogP contribution in [0.1, 0.15) is 11.3 Å². The van der Waals surface area contributed by atoms with E-state index in [4.69, 9.17) is 9.47 Å². The van der Waals surface area contributed by atoms with Crippen LogP contribution < -0.4 is 15.0 Å². The fourth-order valence-electron chi connectivity index (χ4n) is 3.07. The summed E-state index contributed by atoms with van der Waals surface area (Å²) >= 11 is 0. The molecule has 12 heteroatoms. The number of fused-ring (bicyclic) bond motifs is 1. The number of hydrogen-bond donors (Lipinski definition) is 0. The average molecular weight is 467 g/mol. The molecule has 1 aliphatic heterocycles. The number of halogens is 3. The standard InChI is InChI=1S/C20H16F3N3O5S/c1-32(28,29)19-24-14(9-17(25-19)20(21,22)23)13-3-5-18(27)26(11-13)10-12-2-4-15-16(8-12)31-7-6-30-15/h2-5,8-9,11H,6-7,10H2,1H3. The molecule has 168 valence electrons. The van der Waals surface area contributed by atoms with Crippen molar-refractivity contribution in [2.75, 3.05) is 19.5 Å². The summed E-state index contributed by atoms with van der Waals surface area (Å²) in [6.07, 6.45) is -2.85. The molecule has 0 N–H and O–H groups in total. The smallest absolute Gasteiger partial charge is 0.433 e. The largest absolute Gasteiger partial charge is 0.486 e. The first-order valence-corrected chi connectivity index (χ1v) is 11.2. The third-order valence-corrected chi connectivity index (χ3v) is 5.41. The van der Waals surface area contributed by atoms with Crippen molar-refractivity contribution in [3.8, 4) is 22.8 Å². The first kappa shape index (κ1) is 21.8. The lowest BCUT2D eigenvalue weighted by Crippen LogP contribution is -2.20. The van der Waals surface area contributed by atoms with Gasteiger partial charge < -0.3 is 14.0 Å². The van der Waals surface area contributed by atoms with Crippen molar-refractivity contribution in [3.63, 3.8) is 0 Å². The van der Waals surface area contributed by atoms with E-state index in [1.165, 1.54) is 22.9 Å². The van der Waals surface area contributed by atoms with E-state index in [-0.39, 0.29) is 17.8 Å². The highest BCUT2D eigenvalue weighted by atomic mass is 32.2. The first-order valence-electron chi connectivity index (χ1n) is 9.26. The van der Waals surface area contributed by atoms with Gasteiger partial charge in [0.25, 0.3) is 5.56 Å². The van der Waals surface area contributed by atoms with Gasteiger partial charge in [-0.1, -0.05) is 6.07 Å². The van der Waals surface area contributed by atoms with Crippen LogP contribution >= 0.6 is 0 Å². The predicted octanol–water partition coefficient (Wildman–Crippen LogP) is 2.55. The molecule has 0 fully saturated rings. The summed E-state index contributed by atoms with van der Waals surface area (Å²) in [5.74, 6) is 1.11. The Morgan fingerprint density at radius 3 is 2.44 bits per heavy atom. The van der Waals surface area contributed by atoms with E-state index in [0.717, 1.165) is 6.26 Å². The Morgan fingerprint density at radius 2 is 1.75 bits per heavy atom. The number of pyridine rings is 1. The molecule has 2 aromatic heterocycles. The van der Waals surface area contributed by atoms with Gasteiger partial charge in [-0.3, -0.25) is 4.79 Å². The maximum Gasteiger partial charge on any atom is 0.433 e. The zero-order chi connectivity index (χ0) is 23.1. The Labute approximate surface area is 180 Å². The lowest BCUT2D eigenvalue weighted by atomic mass is 10.1. The summed E-state index contributed by atoms with van der Waals surface area (Å²) in [5, 5.41) is -0.952. The molecule has 0 unspecified atom stereocenters. The van der Waals surface area contributed by atoms with Crippen molar-refractivity contribution in [3.05, 3.63) is 64.2 Å². The van der Waals surface area contributed by atoms with Crippen LogP contribution in [0.3, 0.4) is 0 Å². The summed E-state index contributed by atoms with van der Waals surface area (Å²) in [6.45, 7) is 0.922. The van der Waals surface area contributed by atoms with Crippen molar-refractivity contribution < 1.29 is 31.1 Å². The molecule has 0 bridgehead atoms. The fraction of sp³-hybridized carbons (Fsp3) is 0.250. The predicted molar refractivity (Wildman–Crippen MR) is 106 cm³/mol. The molecular weight excluding hydrogens is 451 g/mol. The molecular formula is C20H16F3N3O5S. The molecule has 0 saturated heterocycles. The second-order valence-corrected chi connectivity index (χ2v) is 8.96. The molecule has 0 amide bonds. The number of alkyl halides is 3. The van der Waals surface area contributed by atoms with Gasteiger partial charge >= 0.3 is 6.18 Å². The summed E-state index contributed by atoms with van der Waals surface area (Å²) in [7, 11) is -4.11. The molecule has 0 radical (unpaired) electrons. The van der Waals surface area contributed by atoms with Gasteiger partial charge in [0, 0.05) is 24.1 Å². The highest BCUT2D eigenvalue weighted by molar-refractivity contribution is 7.90. The Balaban J connectivity index is 1.75. The molecule has 3 aromatic rings. The van der Waals surface area contributed by atoms with Crippen molar-refractivity contribution in [1.29, 1.82) is 0 Å². The van der Waals surface area contributed by atoms with Crippen LogP contribution in [-0.2, 0) is 22.6 Å². The van der Waals surface area contributed by atoms with Gasteiger partial charge in [-0.05, 0) is 29.8 Å². The molecule has 4 rings (SSSR count). The zero-order valence-corrected chi connectivity index (χ0v) is 17.4. The molecule has 0 spiro atoms. The number of ether oxygens (including phenoxy) is 2. The van der Waals surface area contributed by atoms with Gasteiger partial charge in [0.15, 0.2) is 11.5 Å². The van der Waals surface area contributed by atoms with Gasteiger partial charge in [0.2, 0.25) is 15.0 Å². The van der Waals surface area contributed by atoms with Gasteiger partial charge in [-0.15, -0.1) is 0 Å².